The van der Waals surface area contributed by atoms with Crippen LogP contribution in [0, 0.1) is 17.0 Å². The van der Waals surface area contributed by atoms with Gasteiger partial charge >= 0.3 is 0 Å². The van der Waals surface area contributed by atoms with E-state index >= 15 is 0 Å². The fourth-order valence-electron chi connectivity index (χ4n) is 4.49. The number of benzene rings is 4. The molecule has 0 fully saturated rings. The predicted octanol–water partition coefficient (Wildman–Crippen LogP) is 8.26. The van der Waals surface area contributed by atoms with Gasteiger partial charge in [0.15, 0.2) is 0 Å². The molecule has 0 aliphatic heterocycles. The fraction of sp³-hybridized carbons (Fsp3) is 0.273. The molecule has 0 spiro atoms. The van der Waals surface area contributed by atoms with E-state index in [1.54, 1.807) is 24.3 Å². The smallest absolute Gasteiger partial charge is 0.269 e. The summed E-state index contributed by atoms with van der Waals surface area (Å²) in [5, 5.41) is 20.8. The van der Waals surface area contributed by atoms with Crippen LogP contribution >= 0.6 is 0 Å². The minimum absolute atomic E-state index is 0.0952. The van der Waals surface area contributed by atoms with E-state index in [-0.39, 0.29) is 10.6 Å². The number of ether oxygens (including phenoxy) is 1. The molecule has 5 heteroatoms. The van der Waals surface area contributed by atoms with Crippen LogP contribution in [0.25, 0.3) is 11.1 Å². The minimum Gasteiger partial charge on any atom is -0.508 e. The van der Waals surface area contributed by atoms with E-state index in [0.717, 1.165) is 42.7 Å². The number of aromatic hydroxyl groups is 1. The number of hydrogen-bond donors (Lipinski definition) is 1. The van der Waals surface area contributed by atoms with Crippen molar-refractivity contribution < 1.29 is 14.8 Å². The highest BCUT2D eigenvalue weighted by Gasteiger charge is 2.14. The van der Waals surface area contributed by atoms with Gasteiger partial charge in [-0.15, -0.1) is 0 Å². The monoisotopic (exact) mass is 511 g/mol. The zero-order valence-corrected chi connectivity index (χ0v) is 22.7. The Bertz CT molecular complexity index is 1310. The van der Waals surface area contributed by atoms with Gasteiger partial charge in [0.2, 0.25) is 0 Å². The Hall–Kier alpha value is -3.96. The second-order valence-corrected chi connectivity index (χ2v) is 9.38. The summed E-state index contributed by atoms with van der Waals surface area (Å²) in [4.78, 5) is 10.7. The van der Waals surface area contributed by atoms with E-state index in [9.17, 15) is 15.2 Å². The molecule has 4 aromatic rings. The molecular formula is C33H37NO4. The maximum atomic E-state index is 11.1. The third kappa shape index (κ3) is 8.02. The van der Waals surface area contributed by atoms with Gasteiger partial charge in [0.05, 0.1) is 4.92 Å². The Morgan fingerprint density at radius 1 is 0.868 bits per heavy atom. The third-order valence-electron chi connectivity index (χ3n) is 6.59. The lowest BCUT2D eigenvalue weighted by molar-refractivity contribution is -0.384. The maximum Gasteiger partial charge on any atom is 0.269 e. The van der Waals surface area contributed by atoms with Crippen molar-refractivity contribution in [1.82, 2.24) is 0 Å². The summed E-state index contributed by atoms with van der Waals surface area (Å²) in [6.07, 6.45) is 1.67. The van der Waals surface area contributed by atoms with Gasteiger partial charge in [-0.25, -0.2) is 0 Å². The van der Waals surface area contributed by atoms with Gasteiger partial charge in [0.25, 0.3) is 5.69 Å². The Balaban J connectivity index is 0.000000732. The first-order valence-electron chi connectivity index (χ1n) is 13.1. The lowest BCUT2D eigenvalue weighted by Gasteiger charge is -2.18. The van der Waals surface area contributed by atoms with Crippen LogP contribution in [0.4, 0.5) is 5.69 Å². The molecule has 4 rings (SSSR count). The van der Waals surface area contributed by atoms with Crippen molar-refractivity contribution in [1.29, 1.82) is 0 Å². The van der Waals surface area contributed by atoms with Crippen molar-refractivity contribution in [2.24, 2.45) is 0 Å². The molecule has 0 aliphatic rings. The Labute approximate surface area is 225 Å². The van der Waals surface area contributed by atoms with Gasteiger partial charge in [-0.05, 0) is 103 Å². The number of non-ortho nitro benzene ring substituents is 1. The number of nitro groups is 1. The van der Waals surface area contributed by atoms with Gasteiger partial charge in [-0.2, -0.15) is 0 Å². The highest BCUT2D eigenvalue weighted by Crippen LogP contribution is 2.32. The van der Waals surface area contributed by atoms with Crippen LogP contribution in [0.2, 0.25) is 0 Å². The van der Waals surface area contributed by atoms with Gasteiger partial charge in [0.1, 0.15) is 5.75 Å². The number of aryl methyl sites for hydroxylation is 1. The average Bonchev–Trinajstić information content (AvgIpc) is 2.92. The van der Waals surface area contributed by atoms with Gasteiger partial charge < -0.3 is 9.84 Å². The summed E-state index contributed by atoms with van der Waals surface area (Å²) in [5.74, 6) is 0.593. The minimum atomic E-state index is -0.370. The molecule has 1 atom stereocenters. The molecule has 0 bridgehead atoms. The first-order chi connectivity index (χ1) is 18.3. The van der Waals surface area contributed by atoms with Crippen molar-refractivity contribution in [2.45, 2.75) is 46.5 Å². The normalized spacial score (nSPS) is 11.4. The van der Waals surface area contributed by atoms with Crippen LogP contribution in [0.15, 0.2) is 91.0 Å². The number of nitrogens with zero attached hydrogens (tertiary/aromatic N) is 1. The maximum absolute atomic E-state index is 11.1. The van der Waals surface area contributed by atoms with Crippen LogP contribution in [0.5, 0.6) is 5.75 Å². The molecule has 0 radical (unpaired) electrons. The van der Waals surface area contributed by atoms with Crippen LogP contribution in [0.1, 0.15) is 54.5 Å². The van der Waals surface area contributed by atoms with E-state index < -0.39 is 0 Å². The number of rotatable bonds is 9. The number of phenols is 1. The highest BCUT2D eigenvalue weighted by atomic mass is 16.6. The van der Waals surface area contributed by atoms with Crippen molar-refractivity contribution in [3.05, 3.63) is 129 Å². The average molecular weight is 512 g/mol. The van der Waals surface area contributed by atoms with Gasteiger partial charge in [0, 0.05) is 25.3 Å². The lowest BCUT2D eigenvalue weighted by Crippen LogP contribution is -2.02. The van der Waals surface area contributed by atoms with Crippen LogP contribution < -0.4 is 0 Å². The second-order valence-electron chi connectivity index (χ2n) is 9.38. The molecular weight excluding hydrogens is 474 g/mol. The SMILES string of the molecule is CCOCC.Cc1cc(O)ccc1CC(C)c1ccc(-c2ccc([N+](=O)[O-])cc2)c(Cc2ccccc2)c1. The molecule has 38 heavy (non-hydrogen) atoms. The number of nitro benzene ring substituents is 1. The van der Waals surface area contributed by atoms with E-state index in [0.29, 0.717) is 11.7 Å². The van der Waals surface area contributed by atoms with Crippen molar-refractivity contribution in [2.75, 3.05) is 13.2 Å². The van der Waals surface area contributed by atoms with E-state index in [2.05, 4.69) is 37.3 Å². The molecule has 4 aromatic carbocycles. The summed E-state index contributed by atoms with van der Waals surface area (Å²) in [5.41, 5.74) is 8.14. The molecule has 198 valence electrons. The van der Waals surface area contributed by atoms with E-state index in [4.69, 9.17) is 4.74 Å². The molecule has 0 heterocycles. The molecule has 0 saturated carbocycles. The topological polar surface area (TPSA) is 72.6 Å². The Kier molecular flexibility index (Phi) is 10.6. The van der Waals surface area contributed by atoms with Crippen LogP contribution in [-0.2, 0) is 17.6 Å². The first kappa shape index (κ1) is 28.6. The molecule has 0 amide bonds. The summed E-state index contributed by atoms with van der Waals surface area (Å²) in [7, 11) is 0. The van der Waals surface area contributed by atoms with E-state index in [1.165, 1.54) is 22.3 Å². The molecule has 1 N–H and O–H groups in total. The van der Waals surface area contributed by atoms with Crippen molar-refractivity contribution in [3.63, 3.8) is 0 Å². The third-order valence-corrected chi connectivity index (χ3v) is 6.59. The molecule has 1 unspecified atom stereocenters. The fourth-order valence-corrected chi connectivity index (χ4v) is 4.49. The molecule has 0 aromatic heterocycles. The Morgan fingerprint density at radius 3 is 2.13 bits per heavy atom. The second kappa shape index (κ2) is 14.1. The molecule has 5 nitrogen and oxygen atoms in total. The summed E-state index contributed by atoms with van der Waals surface area (Å²) in [6.45, 7) is 9.92. The number of phenolic OH excluding ortho intramolecular Hbond substituents is 1. The summed E-state index contributed by atoms with van der Waals surface area (Å²) >= 11 is 0. The first-order valence-corrected chi connectivity index (χ1v) is 13.1. The summed E-state index contributed by atoms with van der Waals surface area (Å²) in [6, 6.07) is 29.2. The van der Waals surface area contributed by atoms with Gasteiger partial charge in [-0.1, -0.05) is 61.5 Å². The zero-order chi connectivity index (χ0) is 27.5. The predicted molar refractivity (Wildman–Crippen MR) is 155 cm³/mol. The van der Waals surface area contributed by atoms with Crippen molar-refractivity contribution in [3.8, 4) is 16.9 Å². The van der Waals surface area contributed by atoms with Crippen molar-refractivity contribution >= 4 is 5.69 Å². The van der Waals surface area contributed by atoms with E-state index in [1.807, 2.05) is 57.2 Å². The lowest BCUT2D eigenvalue weighted by atomic mass is 9.87. The standard InChI is InChI=1S/C29H27NO3.C4H10O/c1-20(16-24-10-14-28(31)17-21(24)2)25-11-15-29(23-8-12-27(13-9-23)30(32)33)26(19-25)18-22-6-4-3-5-7-22;1-3-5-4-2/h3-15,17,19-20,31H,16,18H2,1-2H3;3-4H2,1-2H3. The zero-order valence-electron chi connectivity index (χ0n) is 22.7. The van der Waals surface area contributed by atoms with Crippen LogP contribution in [-0.4, -0.2) is 23.2 Å². The van der Waals surface area contributed by atoms with Crippen LogP contribution in [0.3, 0.4) is 0 Å². The largest absolute Gasteiger partial charge is 0.508 e. The quantitative estimate of drug-likeness (QED) is 0.181. The molecule has 0 saturated heterocycles. The Morgan fingerprint density at radius 2 is 1.55 bits per heavy atom. The molecule has 0 aliphatic carbocycles. The number of hydrogen-bond acceptors (Lipinski definition) is 4. The van der Waals surface area contributed by atoms with Gasteiger partial charge in [-0.3, -0.25) is 10.1 Å². The summed E-state index contributed by atoms with van der Waals surface area (Å²) < 4.78 is 4.83. The highest BCUT2D eigenvalue weighted by molar-refractivity contribution is 5.69.